The van der Waals surface area contributed by atoms with Crippen molar-refractivity contribution in [1.82, 2.24) is 29.2 Å². The first-order valence-electron chi connectivity index (χ1n) is 10.2. The molecule has 3 atom stereocenters. The summed E-state index contributed by atoms with van der Waals surface area (Å²) in [5.74, 6) is 1.65. The molecule has 1 aliphatic heterocycles. The molecule has 4 heterocycles. The van der Waals surface area contributed by atoms with Crippen molar-refractivity contribution < 1.29 is 10.3 Å². The van der Waals surface area contributed by atoms with E-state index in [1.807, 2.05) is 6.07 Å². The van der Waals surface area contributed by atoms with E-state index >= 15 is 0 Å². The first-order chi connectivity index (χ1) is 15.0. The van der Waals surface area contributed by atoms with Crippen molar-refractivity contribution in [3.63, 3.8) is 0 Å². The van der Waals surface area contributed by atoms with Gasteiger partial charge >= 0.3 is 0 Å². The zero-order chi connectivity index (χ0) is 21.3. The maximum absolute atomic E-state index is 13.5. The Balaban J connectivity index is 1.19. The predicted molar refractivity (Wildman–Crippen MR) is 105 cm³/mol. The van der Waals surface area contributed by atoms with Crippen LogP contribution in [0.25, 0.3) is 11.2 Å². The number of piperidine rings is 1. The van der Waals surface area contributed by atoms with Crippen molar-refractivity contribution in [2.24, 2.45) is 18.9 Å². The van der Waals surface area contributed by atoms with Gasteiger partial charge in [0.15, 0.2) is 17.0 Å². The van der Waals surface area contributed by atoms with Crippen LogP contribution in [0, 0.1) is 17.7 Å². The number of hydrogen-bond donors (Lipinski definition) is 0. The third-order valence-electron chi connectivity index (χ3n) is 6.08. The van der Waals surface area contributed by atoms with E-state index in [9.17, 15) is 9.18 Å². The SMILES string of the molecule is [2H]c1nc2ncn(C)c2c(=O)n1Cc1nc(C2[C@H]3CN(c4cccc(F)c4)C[C@@H]23)no1. The summed E-state index contributed by atoms with van der Waals surface area (Å²) < 4.78 is 29.7. The molecule has 0 N–H and O–H groups in total. The number of nitrogens with zero attached hydrogens (tertiary/aromatic N) is 7. The summed E-state index contributed by atoms with van der Waals surface area (Å²) in [6.45, 7) is 1.62. The Morgan fingerprint density at radius 1 is 1.30 bits per heavy atom. The third-order valence-corrected chi connectivity index (χ3v) is 6.08. The van der Waals surface area contributed by atoms with Crippen LogP contribution < -0.4 is 10.5 Å². The molecule has 0 spiro atoms. The molecule has 1 unspecified atom stereocenters. The maximum atomic E-state index is 13.5. The minimum absolute atomic E-state index is 0.0176. The largest absolute Gasteiger partial charge is 0.371 e. The van der Waals surface area contributed by atoms with Crippen LogP contribution in [0.2, 0.25) is 0 Å². The van der Waals surface area contributed by atoms with Crippen molar-refractivity contribution in [1.29, 1.82) is 0 Å². The Labute approximate surface area is 171 Å². The molecule has 0 bridgehead atoms. The minimum atomic E-state index is -0.372. The van der Waals surface area contributed by atoms with E-state index in [1.165, 1.54) is 17.0 Å². The van der Waals surface area contributed by atoms with Gasteiger partial charge in [0.25, 0.3) is 5.56 Å². The van der Waals surface area contributed by atoms with E-state index in [4.69, 9.17) is 5.89 Å². The molecule has 30 heavy (non-hydrogen) atoms. The van der Waals surface area contributed by atoms with Crippen LogP contribution in [-0.4, -0.2) is 42.3 Å². The predicted octanol–water partition coefficient (Wildman–Crippen LogP) is 1.55. The van der Waals surface area contributed by atoms with Gasteiger partial charge in [0.1, 0.15) is 20.0 Å². The number of imidazole rings is 1. The molecular weight excluding hydrogens is 389 g/mol. The first kappa shape index (κ1) is 16.3. The molecular formula is C20H18FN7O2. The van der Waals surface area contributed by atoms with Gasteiger partial charge in [-0.15, -0.1) is 0 Å². The van der Waals surface area contributed by atoms with E-state index in [1.54, 1.807) is 23.7 Å². The third kappa shape index (κ3) is 2.63. The van der Waals surface area contributed by atoms with Gasteiger partial charge in [-0.3, -0.25) is 9.36 Å². The van der Waals surface area contributed by atoms with Gasteiger partial charge < -0.3 is 14.0 Å². The minimum Gasteiger partial charge on any atom is -0.371 e. The Morgan fingerprint density at radius 2 is 2.13 bits per heavy atom. The van der Waals surface area contributed by atoms with Crippen LogP contribution >= 0.6 is 0 Å². The fourth-order valence-corrected chi connectivity index (χ4v) is 4.53. The molecule has 0 radical (unpaired) electrons. The van der Waals surface area contributed by atoms with Gasteiger partial charge in [0.2, 0.25) is 5.89 Å². The molecule has 10 heteroatoms. The van der Waals surface area contributed by atoms with Gasteiger partial charge in [-0.25, -0.2) is 14.4 Å². The van der Waals surface area contributed by atoms with E-state index in [2.05, 4.69) is 25.0 Å². The van der Waals surface area contributed by atoms with Gasteiger partial charge in [0.05, 0.1) is 6.33 Å². The summed E-state index contributed by atoms with van der Waals surface area (Å²) in [5.41, 5.74) is 1.09. The van der Waals surface area contributed by atoms with Crippen molar-refractivity contribution >= 4 is 16.9 Å². The number of rotatable bonds is 4. The highest BCUT2D eigenvalue weighted by Crippen LogP contribution is 2.57. The zero-order valence-electron chi connectivity index (χ0n) is 17.1. The standard InChI is InChI=1S/C20H18FN7O2/c1-26-9-22-19-17(26)20(29)28(10-23-19)8-15-24-18(25-30-15)16-13-6-27(7-14(13)16)12-4-2-3-11(21)5-12/h2-5,9-10,13-14,16H,6-8H2,1H3/t13-,14+,16?/i10D. The highest BCUT2D eigenvalue weighted by Gasteiger charge is 2.58. The molecule has 1 aromatic carbocycles. The number of anilines is 1. The molecule has 0 amide bonds. The van der Waals surface area contributed by atoms with Gasteiger partial charge in [0, 0.05) is 31.7 Å². The molecule has 4 aromatic rings. The van der Waals surface area contributed by atoms with Crippen LogP contribution in [0.15, 0.2) is 46.2 Å². The highest BCUT2D eigenvalue weighted by molar-refractivity contribution is 5.68. The van der Waals surface area contributed by atoms with Crippen LogP contribution in [0.3, 0.4) is 0 Å². The molecule has 152 valence electrons. The average molecular weight is 408 g/mol. The molecule has 9 nitrogen and oxygen atoms in total. The number of benzene rings is 1. The summed E-state index contributed by atoms with van der Waals surface area (Å²) in [5, 5.41) is 4.12. The summed E-state index contributed by atoms with van der Waals surface area (Å²) in [6.07, 6.45) is 1.29. The topological polar surface area (TPSA) is 94.9 Å². The molecule has 3 aromatic heterocycles. The monoisotopic (exact) mass is 408 g/mol. The molecule has 2 aliphatic rings. The first-order valence-corrected chi connectivity index (χ1v) is 9.71. The lowest BCUT2D eigenvalue weighted by atomic mass is 10.2. The van der Waals surface area contributed by atoms with E-state index < -0.39 is 0 Å². The van der Waals surface area contributed by atoms with Gasteiger partial charge in [-0.2, -0.15) is 4.98 Å². The molecule has 1 aliphatic carbocycles. The van der Waals surface area contributed by atoms with E-state index in [0.717, 1.165) is 18.8 Å². The van der Waals surface area contributed by atoms with Crippen molar-refractivity contribution in [2.45, 2.75) is 12.5 Å². The van der Waals surface area contributed by atoms with Crippen LogP contribution in [-0.2, 0) is 13.6 Å². The van der Waals surface area contributed by atoms with Crippen LogP contribution in [0.5, 0.6) is 0 Å². The lowest BCUT2D eigenvalue weighted by Gasteiger charge is -2.21. The Morgan fingerprint density at radius 3 is 2.93 bits per heavy atom. The lowest BCUT2D eigenvalue weighted by molar-refractivity contribution is 0.363. The molecule has 2 fully saturated rings. The van der Waals surface area contributed by atoms with E-state index in [0.29, 0.717) is 23.2 Å². The average Bonchev–Trinajstić information content (AvgIpc) is 3.16. The Kier molecular flexibility index (Phi) is 3.37. The maximum Gasteiger partial charge on any atom is 0.280 e. The summed E-state index contributed by atoms with van der Waals surface area (Å²) in [7, 11) is 1.70. The number of fused-ring (bicyclic) bond motifs is 2. The number of aromatic nitrogens is 6. The van der Waals surface area contributed by atoms with E-state index in [-0.39, 0.29) is 41.7 Å². The van der Waals surface area contributed by atoms with Crippen LogP contribution in [0.4, 0.5) is 10.1 Å². The summed E-state index contributed by atoms with van der Waals surface area (Å²) in [6, 6.07) is 6.63. The smallest absolute Gasteiger partial charge is 0.280 e. The Bertz CT molecular complexity index is 1370. The van der Waals surface area contributed by atoms with Crippen LogP contribution in [0.1, 0.15) is 19.0 Å². The summed E-state index contributed by atoms with van der Waals surface area (Å²) in [4.78, 5) is 27.5. The highest BCUT2D eigenvalue weighted by atomic mass is 19.1. The second kappa shape index (κ2) is 6.22. The number of halogens is 1. The quantitative estimate of drug-likeness (QED) is 0.506. The normalized spacial score (nSPS) is 23.1. The summed E-state index contributed by atoms with van der Waals surface area (Å²) >= 11 is 0. The fraction of sp³-hybridized carbons (Fsp3) is 0.350. The van der Waals surface area contributed by atoms with Gasteiger partial charge in [-0.05, 0) is 30.0 Å². The molecule has 1 saturated carbocycles. The number of aryl methyl sites for hydroxylation is 1. The second-order valence-corrected chi connectivity index (χ2v) is 7.92. The zero-order valence-corrected chi connectivity index (χ0v) is 16.1. The fourth-order valence-electron chi connectivity index (χ4n) is 4.53. The van der Waals surface area contributed by atoms with Gasteiger partial charge in [-0.1, -0.05) is 11.2 Å². The Hall–Kier alpha value is -3.56. The lowest BCUT2D eigenvalue weighted by Crippen LogP contribution is -2.24. The molecule has 1 saturated heterocycles. The second-order valence-electron chi connectivity index (χ2n) is 7.92. The molecule has 6 rings (SSSR count). The van der Waals surface area contributed by atoms with Crippen molar-refractivity contribution in [3.05, 3.63) is 64.8 Å². The van der Waals surface area contributed by atoms with Crippen molar-refractivity contribution in [3.8, 4) is 0 Å². The number of hydrogen-bond acceptors (Lipinski definition) is 7. The van der Waals surface area contributed by atoms with Crippen molar-refractivity contribution in [2.75, 3.05) is 18.0 Å².